The minimum atomic E-state index is -4.21. The minimum Gasteiger partial charge on any atom is -0.444 e. The van der Waals surface area contributed by atoms with Crippen LogP contribution in [0.25, 0.3) is 0 Å². The van der Waals surface area contributed by atoms with Gasteiger partial charge in [-0.25, -0.2) is 4.79 Å². The van der Waals surface area contributed by atoms with E-state index in [4.69, 9.17) is 28.2 Å². The van der Waals surface area contributed by atoms with Crippen LogP contribution in [0, 0.1) is 6.92 Å². The molecule has 10 nitrogen and oxygen atoms in total. The molecule has 0 saturated heterocycles. The Morgan fingerprint density at radius 1 is 0.909 bits per heavy atom. The zero-order valence-electron chi connectivity index (χ0n) is 19.9. The van der Waals surface area contributed by atoms with Gasteiger partial charge in [-0.3, -0.25) is 4.55 Å². The molecule has 0 atom stereocenters. The highest BCUT2D eigenvalue weighted by Gasteiger charge is 2.15. The maximum Gasteiger partial charge on any atom is 0.407 e. The lowest BCUT2D eigenvalue weighted by molar-refractivity contribution is -0.00150. The summed E-state index contributed by atoms with van der Waals surface area (Å²) in [5.41, 5.74) is 1.22. The van der Waals surface area contributed by atoms with Crippen molar-refractivity contribution in [2.24, 2.45) is 0 Å². The number of rotatable bonds is 16. The quantitative estimate of drug-likeness (QED) is 0.264. The van der Waals surface area contributed by atoms with Gasteiger partial charge in [-0.1, -0.05) is 6.07 Å². The predicted octanol–water partition coefficient (Wildman–Crippen LogP) is 2.38. The van der Waals surface area contributed by atoms with Gasteiger partial charge >= 0.3 is 6.09 Å². The van der Waals surface area contributed by atoms with Crippen LogP contribution in [0.5, 0.6) is 0 Å². The number of hydrogen-bond acceptors (Lipinski definition) is 8. The molecule has 1 aromatic carbocycles. The van der Waals surface area contributed by atoms with Crippen molar-refractivity contribution in [3.63, 3.8) is 0 Å². The molecule has 0 fully saturated rings. The number of benzene rings is 1. The number of amides is 1. The molecular weight excluding hydrogens is 454 g/mol. The number of hydrogen-bond donors (Lipinski definition) is 2. The van der Waals surface area contributed by atoms with Crippen LogP contribution < -0.4 is 5.32 Å². The van der Waals surface area contributed by atoms with E-state index in [1.807, 2.05) is 6.92 Å². The van der Waals surface area contributed by atoms with Crippen molar-refractivity contribution in [2.45, 2.75) is 44.6 Å². The first kappa shape index (κ1) is 29.3. The highest BCUT2D eigenvalue weighted by Crippen LogP contribution is 2.16. The third kappa shape index (κ3) is 14.9. The van der Waals surface area contributed by atoms with Crippen LogP contribution >= 0.6 is 0 Å². The second kappa shape index (κ2) is 15.2. The Kier molecular flexibility index (Phi) is 13.5. The van der Waals surface area contributed by atoms with Crippen molar-refractivity contribution in [1.82, 2.24) is 5.32 Å². The summed E-state index contributed by atoms with van der Waals surface area (Å²) in [7, 11) is -4.21. The Bertz CT molecular complexity index is 807. The van der Waals surface area contributed by atoms with Gasteiger partial charge in [0.15, 0.2) is 0 Å². The highest BCUT2D eigenvalue weighted by atomic mass is 32.2. The van der Waals surface area contributed by atoms with Crippen LogP contribution in [0.15, 0.2) is 23.1 Å². The molecule has 0 heterocycles. The average Bonchev–Trinajstić information content (AvgIpc) is 2.69. The fraction of sp³-hybridized carbons (Fsp3) is 0.682. The first-order chi connectivity index (χ1) is 15.5. The van der Waals surface area contributed by atoms with Crippen molar-refractivity contribution in [2.75, 3.05) is 59.4 Å². The van der Waals surface area contributed by atoms with Crippen LogP contribution in [0.2, 0.25) is 0 Å². The fourth-order valence-electron chi connectivity index (χ4n) is 2.56. The lowest BCUT2D eigenvalue weighted by Crippen LogP contribution is -2.34. The molecule has 11 heteroatoms. The number of ether oxygens (including phenoxy) is 5. The monoisotopic (exact) mass is 491 g/mol. The van der Waals surface area contributed by atoms with Gasteiger partial charge in [0.1, 0.15) is 5.60 Å². The van der Waals surface area contributed by atoms with E-state index < -0.39 is 21.8 Å². The molecule has 0 unspecified atom stereocenters. The molecule has 1 amide bonds. The lowest BCUT2D eigenvalue weighted by Gasteiger charge is -2.19. The van der Waals surface area contributed by atoms with E-state index in [0.29, 0.717) is 65.8 Å². The number of nitrogens with one attached hydrogen (secondary N) is 1. The van der Waals surface area contributed by atoms with Crippen molar-refractivity contribution in [1.29, 1.82) is 0 Å². The Morgan fingerprint density at radius 2 is 1.42 bits per heavy atom. The van der Waals surface area contributed by atoms with Crippen LogP contribution in [-0.2, 0) is 40.2 Å². The number of aryl methyl sites for hydroxylation is 1. The van der Waals surface area contributed by atoms with Gasteiger partial charge in [0.2, 0.25) is 0 Å². The van der Waals surface area contributed by atoms with Gasteiger partial charge < -0.3 is 29.0 Å². The second-order valence-corrected chi connectivity index (χ2v) is 9.61. The molecule has 1 rings (SSSR count). The third-order valence-electron chi connectivity index (χ3n) is 4.16. The van der Waals surface area contributed by atoms with Crippen LogP contribution in [-0.4, -0.2) is 84.1 Å². The van der Waals surface area contributed by atoms with Gasteiger partial charge in [-0.05, 0) is 57.4 Å². The molecule has 33 heavy (non-hydrogen) atoms. The van der Waals surface area contributed by atoms with Gasteiger partial charge in [0.05, 0.1) is 57.8 Å². The largest absolute Gasteiger partial charge is 0.444 e. The maximum absolute atomic E-state index is 11.4. The van der Waals surface area contributed by atoms with Crippen LogP contribution in [0.3, 0.4) is 0 Å². The van der Waals surface area contributed by atoms with E-state index in [-0.39, 0.29) is 4.90 Å². The summed E-state index contributed by atoms with van der Waals surface area (Å²) in [4.78, 5) is 11.3. The molecule has 0 aromatic heterocycles. The summed E-state index contributed by atoms with van der Waals surface area (Å²) in [6.45, 7) is 11.0. The van der Waals surface area contributed by atoms with Gasteiger partial charge in [0, 0.05) is 6.54 Å². The SMILES string of the molecule is Cc1ccc(S(=O)(=O)O)cc1CCOCCOCCOCCOCCNC(=O)OC(C)(C)C. The number of carbonyl (C=O) groups excluding carboxylic acids is 1. The second-order valence-electron chi connectivity index (χ2n) is 8.19. The van der Waals surface area contributed by atoms with Crippen LogP contribution in [0.4, 0.5) is 4.79 Å². The van der Waals surface area contributed by atoms with Crippen molar-refractivity contribution < 1.29 is 41.4 Å². The minimum absolute atomic E-state index is 0.116. The Balaban J connectivity index is 1.94. The van der Waals surface area contributed by atoms with E-state index in [9.17, 15) is 13.2 Å². The van der Waals surface area contributed by atoms with E-state index in [1.165, 1.54) is 12.1 Å². The van der Waals surface area contributed by atoms with Crippen LogP contribution in [0.1, 0.15) is 31.9 Å². The number of carbonyl (C=O) groups is 1. The van der Waals surface area contributed by atoms with Crippen molar-refractivity contribution in [3.05, 3.63) is 29.3 Å². The molecule has 0 bridgehead atoms. The summed E-state index contributed by atoms with van der Waals surface area (Å²) in [6.07, 6.45) is 0.0657. The first-order valence-corrected chi connectivity index (χ1v) is 12.3. The highest BCUT2D eigenvalue weighted by molar-refractivity contribution is 7.85. The fourth-order valence-corrected chi connectivity index (χ4v) is 3.09. The summed E-state index contributed by atoms with van der Waals surface area (Å²) in [5, 5.41) is 2.61. The Hall–Kier alpha value is -1.76. The normalized spacial score (nSPS) is 12.0. The maximum atomic E-state index is 11.4. The summed E-state index contributed by atoms with van der Waals surface area (Å²) in [6, 6.07) is 4.50. The van der Waals surface area contributed by atoms with Crippen molar-refractivity contribution >= 4 is 16.2 Å². The summed E-state index contributed by atoms with van der Waals surface area (Å²) < 4.78 is 58.4. The first-order valence-electron chi connectivity index (χ1n) is 10.8. The van der Waals surface area contributed by atoms with Gasteiger partial charge in [-0.15, -0.1) is 0 Å². The van der Waals surface area contributed by atoms with Crippen molar-refractivity contribution in [3.8, 4) is 0 Å². The molecule has 190 valence electrons. The van der Waals surface area contributed by atoms with E-state index in [1.54, 1.807) is 26.8 Å². The Morgan fingerprint density at radius 3 is 1.94 bits per heavy atom. The molecule has 2 N–H and O–H groups in total. The molecule has 0 spiro atoms. The molecule has 0 aliphatic rings. The van der Waals surface area contributed by atoms with E-state index in [2.05, 4.69) is 5.32 Å². The Labute approximate surface area is 196 Å². The lowest BCUT2D eigenvalue weighted by atomic mass is 10.1. The summed E-state index contributed by atoms with van der Waals surface area (Å²) >= 11 is 0. The van der Waals surface area contributed by atoms with Gasteiger partial charge in [0.25, 0.3) is 10.1 Å². The van der Waals surface area contributed by atoms with Gasteiger partial charge in [-0.2, -0.15) is 8.42 Å². The van der Waals surface area contributed by atoms with E-state index >= 15 is 0 Å². The zero-order valence-corrected chi connectivity index (χ0v) is 20.7. The molecule has 0 radical (unpaired) electrons. The molecule has 0 aliphatic heterocycles. The third-order valence-corrected chi connectivity index (χ3v) is 5.01. The number of alkyl carbamates (subject to hydrolysis) is 1. The predicted molar refractivity (Wildman–Crippen MR) is 122 cm³/mol. The smallest absolute Gasteiger partial charge is 0.407 e. The summed E-state index contributed by atoms with van der Waals surface area (Å²) in [5.74, 6) is 0. The topological polar surface area (TPSA) is 130 Å². The molecular formula is C22H37NO9S. The van der Waals surface area contributed by atoms with E-state index in [0.717, 1.165) is 11.1 Å². The molecule has 0 aliphatic carbocycles. The molecule has 1 aromatic rings. The zero-order chi connectivity index (χ0) is 24.7. The average molecular weight is 492 g/mol. The molecule has 0 saturated carbocycles. The standard InChI is InChI=1S/C22H37NO9S/c1-18-5-6-20(33(25,26)27)17-19(18)7-9-28-11-13-30-15-16-31-14-12-29-10-8-23-21(24)32-22(2,3)4/h5-6,17H,7-16H2,1-4H3,(H,23,24)(H,25,26,27).